The Labute approximate surface area is 318 Å². The van der Waals surface area contributed by atoms with Gasteiger partial charge >= 0.3 is 0 Å². The number of rotatable bonds is 6. The van der Waals surface area contributed by atoms with E-state index in [9.17, 15) is 0 Å². The summed E-state index contributed by atoms with van der Waals surface area (Å²) in [5.74, 6) is 1.62. The Bertz CT molecular complexity index is 1540. The molecule has 0 aromatic heterocycles. The summed E-state index contributed by atoms with van der Waals surface area (Å²) in [5.41, 5.74) is 0. The first-order valence-electron chi connectivity index (χ1n) is 16.2. The monoisotopic (exact) mass is 818 g/mol. The summed E-state index contributed by atoms with van der Waals surface area (Å²) in [6, 6.07) is 64.7. The zero-order valence-electron chi connectivity index (χ0n) is 27.7. The van der Waals surface area contributed by atoms with E-state index >= 15 is 0 Å². The van der Waals surface area contributed by atoms with Gasteiger partial charge in [0.1, 0.15) is 0 Å². The molecule has 0 saturated carbocycles. The van der Waals surface area contributed by atoms with Crippen LogP contribution in [-0.4, -0.2) is 0 Å². The summed E-state index contributed by atoms with van der Waals surface area (Å²) in [7, 11) is -5.84. The van der Waals surface area contributed by atoms with Gasteiger partial charge in [0.15, 0.2) is 0 Å². The van der Waals surface area contributed by atoms with Crippen LogP contribution in [0.25, 0.3) is 0 Å². The third-order valence-corrected chi connectivity index (χ3v) is 12.7. The van der Waals surface area contributed by atoms with Gasteiger partial charge in [0.25, 0.3) is 0 Å². The first kappa shape index (κ1) is 40.2. The second-order valence-corrected chi connectivity index (χ2v) is 16.6. The minimum atomic E-state index is -4.94. The third kappa shape index (κ3) is 13.5. The van der Waals surface area contributed by atoms with Gasteiger partial charge in [0.2, 0.25) is 0 Å². The van der Waals surface area contributed by atoms with Crippen molar-refractivity contribution in [2.75, 3.05) is 0 Å². The van der Waals surface area contributed by atoms with E-state index in [1.807, 2.05) is 0 Å². The Balaban J connectivity index is 0.000000171. The molecule has 0 unspecified atom stereocenters. The molecule has 0 spiro atoms. The van der Waals surface area contributed by atoms with Gasteiger partial charge in [-0.25, -0.2) is 18.6 Å². The van der Waals surface area contributed by atoms with Crippen LogP contribution in [0.2, 0.25) is 0 Å². The SMILES string of the molecule is C1=CC2C=CC1C2.[O-][Cl+3]([O-])([O-])[O-].[Rh].c1ccc(P(c2ccccc2)c2ccccc2)cc1.c1ccc(P(c2ccccc2)c2ccccc2)cc1. The topological polar surface area (TPSA) is 92.2 Å². The Hall–Kier alpha value is -3.59. The average molecular weight is 819 g/mol. The predicted molar refractivity (Wildman–Crippen MR) is 200 cm³/mol. The standard InChI is InChI=1S/2C18H15P.C7H8.ClHO4.Rh/c2*1-4-10-16(11-5-1)19(17-12-6-2-7-13-17)18-14-8-3-9-15-18;1-2-7-4-3-6(1)5-7;2-1(3,4)5;/h2*1-15H;1-4,6-7H,5H2;(H,2,3,4,5);/p-1. The van der Waals surface area contributed by atoms with Crippen molar-refractivity contribution in [1.29, 1.82) is 0 Å². The molecule has 8 rings (SSSR count). The van der Waals surface area contributed by atoms with Crippen molar-refractivity contribution >= 4 is 47.7 Å². The van der Waals surface area contributed by atoms with E-state index in [1.165, 1.54) is 38.2 Å². The molecule has 0 saturated heterocycles. The number of benzene rings is 6. The second-order valence-electron chi connectivity index (χ2n) is 11.4. The van der Waals surface area contributed by atoms with Gasteiger partial charge in [-0.15, -0.1) is 10.2 Å². The molecule has 6 aromatic carbocycles. The van der Waals surface area contributed by atoms with Crippen molar-refractivity contribution < 1.29 is 48.4 Å². The van der Waals surface area contributed by atoms with Crippen molar-refractivity contribution in [3.8, 4) is 0 Å². The van der Waals surface area contributed by atoms with Crippen molar-refractivity contribution in [2.24, 2.45) is 11.8 Å². The molecule has 2 aliphatic carbocycles. The molecule has 2 aliphatic rings. The summed E-state index contributed by atoms with van der Waals surface area (Å²) in [4.78, 5) is 0. The van der Waals surface area contributed by atoms with E-state index in [0.717, 1.165) is 11.8 Å². The van der Waals surface area contributed by atoms with Crippen molar-refractivity contribution in [1.82, 2.24) is 0 Å². The van der Waals surface area contributed by atoms with Crippen LogP contribution in [0.15, 0.2) is 206 Å². The van der Waals surface area contributed by atoms with Crippen LogP contribution < -0.4 is 50.5 Å². The predicted octanol–water partition coefficient (Wildman–Crippen LogP) is 3.88. The maximum atomic E-state index is 8.49. The summed E-state index contributed by atoms with van der Waals surface area (Å²) in [5, 5.41) is 8.39. The second kappa shape index (κ2) is 21.1. The summed E-state index contributed by atoms with van der Waals surface area (Å²) in [6.07, 6.45) is 10.5. The number of hydrogen-bond acceptors (Lipinski definition) is 4. The molecule has 8 heteroatoms. The molecule has 0 atom stereocenters. The molecule has 4 nitrogen and oxygen atoms in total. The minimum Gasteiger partial charge on any atom is -0.222 e. The van der Waals surface area contributed by atoms with Crippen LogP contribution in [-0.2, 0) is 19.5 Å². The van der Waals surface area contributed by atoms with Crippen LogP contribution in [0.4, 0.5) is 0 Å². The van der Waals surface area contributed by atoms with Crippen LogP contribution in [0.1, 0.15) is 6.42 Å². The Morgan fingerprint density at radius 3 is 0.608 bits per heavy atom. The van der Waals surface area contributed by atoms with Crippen molar-refractivity contribution in [2.45, 2.75) is 6.42 Å². The largest absolute Gasteiger partial charge is 0.222 e. The molecule has 0 aliphatic heterocycles. The fourth-order valence-electron chi connectivity index (χ4n) is 5.68. The van der Waals surface area contributed by atoms with Gasteiger partial charge in [-0.05, 0) is 65.9 Å². The maximum absolute atomic E-state index is 8.49. The van der Waals surface area contributed by atoms with Crippen LogP contribution in [0.5, 0.6) is 0 Å². The molecular weight excluding hydrogens is 781 g/mol. The number of allylic oxidation sites excluding steroid dienone is 4. The van der Waals surface area contributed by atoms with E-state index in [2.05, 4.69) is 206 Å². The minimum absolute atomic E-state index is 0. The Morgan fingerprint density at radius 1 is 0.333 bits per heavy atom. The fraction of sp³-hybridized carbons (Fsp3) is 0.0698. The summed E-state index contributed by atoms with van der Waals surface area (Å²) >= 11 is 0. The van der Waals surface area contributed by atoms with Crippen LogP contribution in [0, 0.1) is 22.1 Å². The quantitative estimate of drug-likeness (QED) is 0.145. The first-order chi connectivity index (χ1) is 24.3. The first-order valence-corrected chi connectivity index (χ1v) is 20.2. The van der Waals surface area contributed by atoms with E-state index in [4.69, 9.17) is 18.6 Å². The molecule has 0 fully saturated rings. The molecule has 1 radical (unpaired) electrons. The van der Waals surface area contributed by atoms with E-state index < -0.39 is 26.1 Å². The van der Waals surface area contributed by atoms with Gasteiger partial charge in [0, 0.05) is 19.5 Å². The van der Waals surface area contributed by atoms with Gasteiger partial charge in [-0.2, -0.15) is 0 Å². The van der Waals surface area contributed by atoms with E-state index in [1.54, 1.807) is 0 Å². The number of halogens is 1. The number of hydrogen-bond donors (Lipinski definition) is 0. The normalized spacial score (nSPS) is 15.0. The van der Waals surface area contributed by atoms with Crippen LogP contribution >= 0.6 is 15.8 Å². The smallest absolute Gasteiger partial charge is 0 e. The molecular formula is C43H38ClO4P2Rh-. The summed E-state index contributed by atoms with van der Waals surface area (Å²) < 4.78 is 34.0. The Kier molecular flexibility index (Phi) is 16.6. The molecule has 261 valence electrons. The molecule has 0 amide bonds. The van der Waals surface area contributed by atoms with E-state index in [-0.39, 0.29) is 19.5 Å². The third-order valence-electron chi connectivity index (χ3n) is 7.84. The van der Waals surface area contributed by atoms with Gasteiger partial charge in [-0.1, -0.05) is 206 Å². The van der Waals surface area contributed by atoms with E-state index in [0.29, 0.717) is 0 Å². The average Bonchev–Trinajstić information content (AvgIpc) is 3.82. The van der Waals surface area contributed by atoms with Crippen molar-refractivity contribution in [3.05, 3.63) is 206 Å². The van der Waals surface area contributed by atoms with Gasteiger partial charge in [0.05, 0.1) is 0 Å². The zero-order chi connectivity index (χ0) is 35.0. The van der Waals surface area contributed by atoms with Gasteiger partial charge in [-0.3, -0.25) is 0 Å². The summed E-state index contributed by atoms with van der Waals surface area (Å²) in [6.45, 7) is 0. The number of fused-ring (bicyclic) bond motifs is 2. The fourth-order valence-corrected chi connectivity index (χ4v) is 10.3. The molecule has 6 aromatic rings. The van der Waals surface area contributed by atoms with Crippen molar-refractivity contribution in [3.63, 3.8) is 0 Å². The molecule has 2 bridgehead atoms. The Morgan fingerprint density at radius 2 is 0.490 bits per heavy atom. The van der Waals surface area contributed by atoms with Crippen LogP contribution in [0.3, 0.4) is 0 Å². The molecule has 51 heavy (non-hydrogen) atoms. The zero-order valence-corrected chi connectivity index (χ0v) is 31.9. The van der Waals surface area contributed by atoms with Gasteiger partial charge < -0.3 is 0 Å². The maximum Gasteiger partial charge on any atom is 0 e. The molecule has 0 N–H and O–H groups in total. The molecule has 0 heterocycles.